The highest BCUT2D eigenvalue weighted by atomic mass is 32.2. The van der Waals surface area contributed by atoms with Gasteiger partial charge in [-0.05, 0) is 36.9 Å². The Morgan fingerprint density at radius 3 is 2.62 bits per heavy atom. The van der Waals surface area contributed by atoms with Crippen LogP contribution in [0.2, 0.25) is 0 Å². The Hall–Kier alpha value is -2.91. The molecule has 2 heterocycles. The maximum Gasteiger partial charge on any atom is 0.355 e. The molecule has 1 aromatic carbocycles. The molecule has 8 nitrogen and oxygen atoms in total. The van der Waals surface area contributed by atoms with Crippen molar-refractivity contribution in [3.8, 4) is 5.69 Å². The summed E-state index contributed by atoms with van der Waals surface area (Å²) in [6.07, 6.45) is 4.89. The second-order valence-corrected chi connectivity index (χ2v) is 7.46. The smallest absolute Gasteiger partial charge is 0.355 e. The zero-order chi connectivity index (χ0) is 18.7. The summed E-state index contributed by atoms with van der Waals surface area (Å²) in [5.74, 6) is -0.596. The molecule has 0 aliphatic rings. The third-order valence-corrected chi connectivity index (χ3v) is 5.22. The molecular weight excluding hydrogens is 356 g/mol. The molecule has 136 valence electrons. The van der Waals surface area contributed by atoms with Gasteiger partial charge in [-0.1, -0.05) is 12.1 Å². The van der Waals surface area contributed by atoms with Gasteiger partial charge in [0.25, 0.3) is 0 Å². The maximum absolute atomic E-state index is 12.2. The first kappa shape index (κ1) is 17.9. The van der Waals surface area contributed by atoms with Crippen LogP contribution in [-0.2, 0) is 28.4 Å². The van der Waals surface area contributed by atoms with Crippen LogP contribution in [-0.4, -0.2) is 35.8 Å². The number of carbonyl (C=O) groups is 1. The number of rotatable bonds is 6. The van der Waals surface area contributed by atoms with E-state index in [1.165, 1.54) is 23.9 Å². The van der Waals surface area contributed by atoms with Crippen molar-refractivity contribution >= 4 is 16.0 Å². The van der Waals surface area contributed by atoms with Crippen molar-refractivity contribution in [2.45, 2.75) is 11.5 Å². The average Bonchev–Trinajstić information content (AvgIpc) is 3.30. The van der Waals surface area contributed by atoms with E-state index in [9.17, 15) is 13.2 Å². The van der Waals surface area contributed by atoms with Gasteiger partial charge in [0.1, 0.15) is 17.2 Å². The van der Waals surface area contributed by atoms with Crippen LogP contribution in [0.25, 0.3) is 5.69 Å². The molecule has 0 bridgehead atoms. The molecule has 0 radical (unpaired) electrons. The van der Waals surface area contributed by atoms with Crippen LogP contribution in [0, 0.1) is 0 Å². The van der Waals surface area contributed by atoms with E-state index in [4.69, 9.17) is 4.74 Å². The molecule has 2 aromatic heterocycles. The fourth-order valence-electron chi connectivity index (χ4n) is 2.39. The summed E-state index contributed by atoms with van der Waals surface area (Å²) in [5.41, 5.74) is 1.87. The maximum atomic E-state index is 12.2. The van der Waals surface area contributed by atoms with Crippen molar-refractivity contribution < 1.29 is 17.9 Å². The van der Waals surface area contributed by atoms with Gasteiger partial charge in [0.2, 0.25) is 10.0 Å². The van der Waals surface area contributed by atoms with Crippen LogP contribution >= 0.6 is 0 Å². The molecule has 0 saturated carbocycles. The number of benzene rings is 1. The molecule has 3 aromatic rings. The van der Waals surface area contributed by atoms with E-state index in [0.717, 1.165) is 11.3 Å². The average molecular weight is 374 g/mol. The Morgan fingerprint density at radius 1 is 1.27 bits per heavy atom. The number of esters is 1. The number of nitrogens with zero attached hydrogens (tertiary/aromatic N) is 3. The van der Waals surface area contributed by atoms with Gasteiger partial charge < -0.3 is 9.30 Å². The van der Waals surface area contributed by atoms with Crippen molar-refractivity contribution in [1.29, 1.82) is 0 Å². The molecule has 26 heavy (non-hydrogen) atoms. The molecule has 0 amide bonds. The molecule has 0 fully saturated rings. The molecule has 0 unspecified atom stereocenters. The fraction of sp³-hybridized carbons (Fsp3) is 0.176. The van der Waals surface area contributed by atoms with Gasteiger partial charge in [-0.15, -0.1) is 0 Å². The van der Waals surface area contributed by atoms with Crippen LogP contribution < -0.4 is 4.72 Å². The Bertz CT molecular complexity index is 1010. The first-order valence-electron chi connectivity index (χ1n) is 7.77. The predicted octanol–water partition coefficient (Wildman–Crippen LogP) is 1.48. The summed E-state index contributed by atoms with van der Waals surface area (Å²) < 4.78 is 34.3. The Balaban J connectivity index is 1.68. The monoisotopic (exact) mass is 374 g/mol. The van der Waals surface area contributed by atoms with E-state index in [1.807, 2.05) is 36.5 Å². The van der Waals surface area contributed by atoms with Crippen LogP contribution in [0.5, 0.6) is 0 Å². The minimum Gasteiger partial charge on any atom is -0.456 e. The molecule has 1 N–H and O–H groups in total. The van der Waals surface area contributed by atoms with Crippen molar-refractivity contribution in [3.05, 3.63) is 66.2 Å². The van der Waals surface area contributed by atoms with E-state index in [1.54, 1.807) is 17.9 Å². The van der Waals surface area contributed by atoms with Crippen molar-refractivity contribution in [1.82, 2.24) is 19.1 Å². The first-order chi connectivity index (χ1) is 12.4. The summed E-state index contributed by atoms with van der Waals surface area (Å²) in [5, 5.41) is 4.14. The molecule has 0 saturated heterocycles. The minimum absolute atomic E-state index is 0.0121. The summed E-state index contributed by atoms with van der Waals surface area (Å²) >= 11 is 0. The number of carbonyl (C=O) groups excluding carboxylic acids is 1. The number of aryl methyl sites for hydroxylation is 1. The van der Waals surface area contributed by atoms with Crippen LogP contribution in [0.4, 0.5) is 0 Å². The lowest BCUT2D eigenvalue weighted by molar-refractivity contribution is 0.0461. The predicted molar refractivity (Wildman–Crippen MR) is 94.3 cm³/mol. The van der Waals surface area contributed by atoms with Crippen molar-refractivity contribution in [2.24, 2.45) is 7.05 Å². The van der Waals surface area contributed by atoms with E-state index < -0.39 is 16.0 Å². The molecule has 0 atom stereocenters. The molecule has 3 rings (SSSR count). The standard InChI is InChI=1S/C17H18N4O4S/c1-18-26(23,24)15-10-16(20(2)11-15)17(22)25-12-13-4-6-14(7-5-13)21-9-3-8-19-21/h3-11,18H,12H2,1-2H3. The Labute approximate surface area is 151 Å². The van der Waals surface area contributed by atoms with Crippen LogP contribution in [0.3, 0.4) is 0 Å². The van der Waals surface area contributed by atoms with Crippen molar-refractivity contribution in [3.63, 3.8) is 0 Å². The van der Waals surface area contributed by atoms with Gasteiger partial charge in [0, 0.05) is 25.6 Å². The highest BCUT2D eigenvalue weighted by Crippen LogP contribution is 2.15. The van der Waals surface area contributed by atoms with E-state index >= 15 is 0 Å². The lowest BCUT2D eigenvalue weighted by Gasteiger charge is -2.07. The van der Waals surface area contributed by atoms with E-state index in [0.29, 0.717) is 0 Å². The minimum atomic E-state index is -3.61. The molecule has 0 aliphatic carbocycles. The van der Waals surface area contributed by atoms with E-state index in [-0.39, 0.29) is 17.2 Å². The third-order valence-electron chi connectivity index (χ3n) is 3.84. The summed E-state index contributed by atoms with van der Waals surface area (Å²) in [6.45, 7) is 0.0809. The first-order valence-corrected chi connectivity index (χ1v) is 9.25. The van der Waals surface area contributed by atoms with Gasteiger partial charge in [0.15, 0.2) is 0 Å². The quantitative estimate of drug-likeness (QED) is 0.660. The second kappa shape index (κ2) is 7.14. The molecule has 0 spiro atoms. The molecule has 9 heteroatoms. The zero-order valence-corrected chi connectivity index (χ0v) is 15.1. The number of sulfonamides is 1. The molecule has 0 aliphatic heterocycles. The van der Waals surface area contributed by atoms with Gasteiger partial charge in [-0.2, -0.15) is 5.10 Å². The number of nitrogens with one attached hydrogen (secondary N) is 1. The van der Waals surface area contributed by atoms with Crippen LogP contribution in [0.1, 0.15) is 16.1 Å². The van der Waals surface area contributed by atoms with Gasteiger partial charge >= 0.3 is 5.97 Å². The van der Waals surface area contributed by atoms with Gasteiger partial charge in [0.05, 0.1) is 5.69 Å². The van der Waals surface area contributed by atoms with Gasteiger partial charge in [-0.25, -0.2) is 22.6 Å². The lowest BCUT2D eigenvalue weighted by Crippen LogP contribution is -2.17. The van der Waals surface area contributed by atoms with E-state index in [2.05, 4.69) is 9.82 Å². The largest absolute Gasteiger partial charge is 0.456 e. The fourth-order valence-corrected chi connectivity index (χ4v) is 3.19. The lowest BCUT2D eigenvalue weighted by atomic mass is 10.2. The Kier molecular flexibility index (Phi) is 4.92. The summed E-state index contributed by atoms with van der Waals surface area (Å²) in [4.78, 5) is 12.3. The highest BCUT2D eigenvalue weighted by molar-refractivity contribution is 7.89. The third kappa shape index (κ3) is 3.68. The normalized spacial score (nSPS) is 11.5. The number of hydrogen-bond acceptors (Lipinski definition) is 5. The number of ether oxygens (including phenoxy) is 1. The van der Waals surface area contributed by atoms with Gasteiger partial charge in [-0.3, -0.25) is 0 Å². The number of aromatic nitrogens is 3. The summed E-state index contributed by atoms with van der Waals surface area (Å²) in [6, 6.07) is 10.5. The zero-order valence-electron chi connectivity index (χ0n) is 14.3. The SMILES string of the molecule is CNS(=O)(=O)c1cc(C(=O)OCc2ccc(-n3cccn3)cc2)n(C)c1. The highest BCUT2D eigenvalue weighted by Gasteiger charge is 2.20. The number of hydrogen-bond donors (Lipinski definition) is 1. The molecular formula is C17H18N4O4S. The van der Waals surface area contributed by atoms with Crippen molar-refractivity contribution in [2.75, 3.05) is 7.05 Å². The topological polar surface area (TPSA) is 95.2 Å². The summed E-state index contributed by atoms with van der Waals surface area (Å²) in [7, 11) is -0.713. The Morgan fingerprint density at radius 2 is 2.00 bits per heavy atom. The second-order valence-electron chi connectivity index (χ2n) is 5.57. The van der Waals surface area contributed by atoms with Crippen LogP contribution in [0.15, 0.2) is 59.9 Å².